The number of rotatable bonds is 6. The Morgan fingerprint density at radius 2 is 1.62 bits per heavy atom. The Kier molecular flexibility index (Phi) is 4.98. The van der Waals surface area contributed by atoms with E-state index in [1.54, 1.807) is 7.11 Å². The lowest BCUT2D eigenvalue weighted by atomic mass is 9.97. The van der Waals surface area contributed by atoms with Crippen molar-refractivity contribution >= 4 is 10.8 Å². The molecule has 3 aromatic carbocycles. The summed E-state index contributed by atoms with van der Waals surface area (Å²) in [6.07, 6.45) is 0.648. The van der Waals surface area contributed by atoms with Gasteiger partial charge in [-0.3, -0.25) is 0 Å². The van der Waals surface area contributed by atoms with Crippen molar-refractivity contribution in [2.75, 3.05) is 13.7 Å². The number of nitriles is 1. The van der Waals surface area contributed by atoms with Crippen LogP contribution in [0.5, 0.6) is 11.5 Å². The van der Waals surface area contributed by atoms with Gasteiger partial charge >= 0.3 is 0 Å². The Morgan fingerprint density at radius 1 is 0.917 bits per heavy atom. The van der Waals surface area contributed by atoms with Gasteiger partial charge < -0.3 is 9.47 Å². The van der Waals surface area contributed by atoms with Gasteiger partial charge in [0.15, 0.2) is 0 Å². The zero-order chi connectivity index (χ0) is 16.8. The molecule has 24 heavy (non-hydrogen) atoms. The number of hydrogen-bond donors (Lipinski definition) is 0. The van der Waals surface area contributed by atoms with Gasteiger partial charge in [0.1, 0.15) is 11.5 Å². The molecule has 1 atom stereocenters. The van der Waals surface area contributed by atoms with E-state index in [1.807, 2.05) is 48.5 Å². The lowest BCUT2D eigenvalue weighted by Gasteiger charge is -2.12. The molecule has 0 N–H and O–H groups in total. The van der Waals surface area contributed by atoms with Crippen LogP contribution in [0, 0.1) is 11.3 Å². The summed E-state index contributed by atoms with van der Waals surface area (Å²) in [5.41, 5.74) is 0.986. The highest BCUT2D eigenvalue weighted by Gasteiger charge is 2.11. The molecule has 0 heterocycles. The highest BCUT2D eigenvalue weighted by Crippen LogP contribution is 2.24. The highest BCUT2D eigenvalue weighted by molar-refractivity contribution is 5.83. The summed E-state index contributed by atoms with van der Waals surface area (Å²) in [6, 6.07) is 24.2. The van der Waals surface area contributed by atoms with Crippen molar-refractivity contribution in [2.24, 2.45) is 0 Å². The monoisotopic (exact) mass is 317 g/mol. The lowest BCUT2D eigenvalue weighted by molar-refractivity contribution is 0.306. The maximum absolute atomic E-state index is 9.41. The molecule has 0 radical (unpaired) electrons. The second-order valence-electron chi connectivity index (χ2n) is 5.60. The number of methoxy groups -OCH3 is 1. The van der Waals surface area contributed by atoms with Crippen LogP contribution in [0.15, 0.2) is 66.7 Å². The first kappa shape index (κ1) is 15.9. The van der Waals surface area contributed by atoms with Crippen molar-refractivity contribution in [3.05, 3.63) is 72.3 Å². The maximum Gasteiger partial charge on any atom is 0.119 e. The SMILES string of the molecule is COc1ccc(C(C#N)CCOc2ccc3ccccc3c2)cc1. The van der Waals surface area contributed by atoms with Crippen molar-refractivity contribution < 1.29 is 9.47 Å². The predicted octanol–water partition coefficient (Wildman–Crippen LogP) is 4.92. The molecule has 3 aromatic rings. The second kappa shape index (κ2) is 7.52. The summed E-state index contributed by atoms with van der Waals surface area (Å²) in [5, 5.41) is 11.8. The molecule has 0 bridgehead atoms. The average molecular weight is 317 g/mol. The van der Waals surface area contributed by atoms with Crippen molar-refractivity contribution in [3.8, 4) is 17.6 Å². The molecule has 0 aromatic heterocycles. The van der Waals surface area contributed by atoms with Gasteiger partial charge in [0.2, 0.25) is 0 Å². The van der Waals surface area contributed by atoms with E-state index in [9.17, 15) is 5.26 Å². The number of ether oxygens (including phenoxy) is 2. The fourth-order valence-corrected chi connectivity index (χ4v) is 2.69. The van der Waals surface area contributed by atoms with Crippen LogP contribution < -0.4 is 9.47 Å². The number of benzene rings is 3. The molecule has 0 fully saturated rings. The Hall–Kier alpha value is -2.99. The molecule has 0 saturated carbocycles. The van der Waals surface area contributed by atoms with E-state index in [0.29, 0.717) is 13.0 Å². The van der Waals surface area contributed by atoms with E-state index >= 15 is 0 Å². The molecule has 3 rings (SSSR count). The molecule has 0 spiro atoms. The summed E-state index contributed by atoms with van der Waals surface area (Å²) in [5.74, 6) is 1.44. The van der Waals surface area contributed by atoms with E-state index in [4.69, 9.17) is 9.47 Å². The van der Waals surface area contributed by atoms with Gasteiger partial charge in [-0.05, 0) is 40.6 Å². The first-order valence-corrected chi connectivity index (χ1v) is 7.95. The summed E-state index contributed by atoms with van der Waals surface area (Å²) in [6.45, 7) is 0.503. The van der Waals surface area contributed by atoms with Crippen LogP contribution in [0.1, 0.15) is 17.9 Å². The van der Waals surface area contributed by atoms with Gasteiger partial charge in [-0.15, -0.1) is 0 Å². The predicted molar refractivity (Wildman–Crippen MR) is 95.4 cm³/mol. The summed E-state index contributed by atoms with van der Waals surface area (Å²) in [7, 11) is 1.63. The van der Waals surface area contributed by atoms with E-state index in [1.165, 1.54) is 5.39 Å². The Labute approximate surface area is 142 Å². The topological polar surface area (TPSA) is 42.2 Å². The summed E-state index contributed by atoms with van der Waals surface area (Å²) in [4.78, 5) is 0. The van der Waals surface area contributed by atoms with Crippen molar-refractivity contribution in [1.82, 2.24) is 0 Å². The Morgan fingerprint density at radius 3 is 2.33 bits per heavy atom. The van der Waals surface area contributed by atoms with E-state index in [-0.39, 0.29) is 5.92 Å². The molecule has 0 aliphatic carbocycles. The first-order valence-electron chi connectivity index (χ1n) is 7.95. The fourth-order valence-electron chi connectivity index (χ4n) is 2.69. The van der Waals surface area contributed by atoms with Gasteiger partial charge in [-0.2, -0.15) is 5.26 Å². The van der Waals surface area contributed by atoms with E-state index in [2.05, 4.69) is 24.3 Å². The Bertz CT molecular complexity index is 850. The average Bonchev–Trinajstić information content (AvgIpc) is 2.65. The first-order chi connectivity index (χ1) is 11.8. The van der Waals surface area contributed by atoms with Gasteiger partial charge in [-0.1, -0.05) is 42.5 Å². The molecular weight excluding hydrogens is 298 g/mol. The number of hydrogen-bond acceptors (Lipinski definition) is 3. The number of nitrogens with zero attached hydrogens (tertiary/aromatic N) is 1. The zero-order valence-electron chi connectivity index (χ0n) is 13.6. The van der Waals surface area contributed by atoms with Crippen LogP contribution in [0.4, 0.5) is 0 Å². The fraction of sp³-hybridized carbons (Fsp3) is 0.190. The van der Waals surface area contributed by atoms with Crippen LogP contribution in [0.2, 0.25) is 0 Å². The van der Waals surface area contributed by atoms with Crippen LogP contribution in [0.25, 0.3) is 10.8 Å². The molecule has 0 saturated heterocycles. The number of fused-ring (bicyclic) bond motifs is 1. The van der Waals surface area contributed by atoms with Crippen LogP contribution in [-0.4, -0.2) is 13.7 Å². The summed E-state index contributed by atoms with van der Waals surface area (Å²) < 4.78 is 11.0. The lowest BCUT2D eigenvalue weighted by Crippen LogP contribution is -2.04. The van der Waals surface area contributed by atoms with Gasteiger partial charge in [0.25, 0.3) is 0 Å². The molecule has 120 valence electrons. The smallest absolute Gasteiger partial charge is 0.119 e. The molecule has 0 amide bonds. The van der Waals surface area contributed by atoms with Gasteiger partial charge in [-0.25, -0.2) is 0 Å². The minimum Gasteiger partial charge on any atom is -0.497 e. The van der Waals surface area contributed by atoms with Crippen molar-refractivity contribution in [3.63, 3.8) is 0 Å². The summed E-state index contributed by atoms with van der Waals surface area (Å²) >= 11 is 0. The Balaban J connectivity index is 1.61. The third kappa shape index (κ3) is 3.67. The van der Waals surface area contributed by atoms with Crippen molar-refractivity contribution in [2.45, 2.75) is 12.3 Å². The molecular formula is C21H19NO2. The maximum atomic E-state index is 9.41. The van der Waals surface area contributed by atoms with Crippen LogP contribution >= 0.6 is 0 Å². The van der Waals surface area contributed by atoms with E-state index in [0.717, 1.165) is 22.4 Å². The van der Waals surface area contributed by atoms with Gasteiger partial charge in [0, 0.05) is 6.42 Å². The molecule has 1 unspecified atom stereocenters. The molecule has 3 nitrogen and oxygen atoms in total. The highest BCUT2D eigenvalue weighted by atomic mass is 16.5. The molecule has 0 aliphatic rings. The van der Waals surface area contributed by atoms with Crippen LogP contribution in [0.3, 0.4) is 0 Å². The quantitative estimate of drug-likeness (QED) is 0.647. The zero-order valence-corrected chi connectivity index (χ0v) is 13.6. The van der Waals surface area contributed by atoms with Crippen molar-refractivity contribution in [1.29, 1.82) is 5.26 Å². The third-order valence-corrected chi connectivity index (χ3v) is 4.07. The molecule has 0 aliphatic heterocycles. The normalized spacial score (nSPS) is 11.7. The van der Waals surface area contributed by atoms with Gasteiger partial charge in [0.05, 0.1) is 25.7 Å². The molecule has 3 heteroatoms. The largest absolute Gasteiger partial charge is 0.497 e. The van der Waals surface area contributed by atoms with Crippen LogP contribution in [-0.2, 0) is 0 Å². The minimum atomic E-state index is -0.184. The third-order valence-electron chi connectivity index (χ3n) is 4.07. The standard InChI is InChI=1S/C21H19NO2/c1-23-20-9-6-17(7-10-20)19(15-22)12-13-24-21-11-8-16-4-2-3-5-18(16)14-21/h2-11,14,19H,12-13H2,1H3. The second-order valence-corrected chi connectivity index (χ2v) is 5.60. The minimum absolute atomic E-state index is 0.184. The van der Waals surface area contributed by atoms with E-state index < -0.39 is 0 Å².